The summed E-state index contributed by atoms with van der Waals surface area (Å²) in [5.74, 6) is -0.0347. The molecule has 3 heteroatoms. The Balaban J connectivity index is 2.95. The van der Waals surface area contributed by atoms with Crippen molar-refractivity contribution < 1.29 is 9.90 Å². The minimum Gasteiger partial charge on any atom is -0.501 e. The fourth-order valence-electron chi connectivity index (χ4n) is 0.674. The predicted octanol–water partition coefficient (Wildman–Crippen LogP) is 1.23. The van der Waals surface area contributed by atoms with Crippen LogP contribution in [-0.2, 0) is 0 Å². The van der Waals surface area contributed by atoms with E-state index >= 15 is 0 Å². The monoisotopic (exact) mass is 134 g/mol. The van der Waals surface area contributed by atoms with Crippen molar-refractivity contribution in [3.8, 4) is 0 Å². The molecule has 0 aromatic rings. The second kappa shape index (κ2) is 2.80. The van der Waals surface area contributed by atoms with Crippen LogP contribution in [-0.4, -0.2) is 16.1 Å². The highest BCUT2D eigenvalue weighted by Crippen LogP contribution is 2.09. The van der Waals surface area contributed by atoms with E-state index in [2.05, 4.69) is 4.79 Å². The molecule has 0 fully saturated rings. The zero-order valence-corrected chi connectivity index (χ0v) is 5.23. The van der Waals surface area contributed by atoms with Crippen molar-refractivity contribution in [3.05, 3.63) is 41.2 Å². The molecule has 1 aliphatic rings. The lowest BCUT2D eigenvalue weighted by Crippen LogP contribution is -1.86. The van der Waals surface area contributed by atoms with Crippen molar-refractivity contribution in [2.24, 2.45) is 0 Å². The molecule has 0 radical (unpaired) electrons. The summed E-state index contributed by atoms with van der Waals surface area (Å²) in [6.45, 7) is 0. The van der Waals surface area contributed by atoms with E-state index in [9.17, 15) is 0 Å². The molecule has 1 N–H and O–H groups in total. The van der Waals surface area contributed by atoms with Gasteiger partial charge < -0.3 is 10.6 Å². The predicted molar refractivity (Wildman–Crippen MR) is 37.6 cm³/mol. The Kier molecular flexibility index (Phi) is 1.83. The molecule has 3 nitrogen and oxygen atoms in total. The molecule has 0 bridgehead atoms. The van der Waals surface area contributed by atoms with Gasteiger partial charge in [-0.05, 0) is 0 Å². The molecule has 1 rings (SSSR count). The maximum atomic E-state index is 9.02. The quantitative estimate of drug-likeness (QED) is 0.249. The zero-order valence-electron chi connectivity index (χ0n) is 5.23. The highest BCUT2D eigenvalue weighted by Gasteiger charge is 2.01. The third-order valence-electron chi connectivity index (χ3n) is 1.14. The summed E-state index contributed by atoms with van der Waals surface area (Å²) in [5, 5.41) is 9.02. The highest BCUT2D eigenvalue weighted by atomic mass is 16.3. The van der Waals surface area contributed by atoms with E-state index < -0.39 is 0 Å². The smallest absolute Gasteiger partial charge is 0.322 e. The summed E-state index contributed by atoms with van der Waals surface area (Å²) in [4.78, 5) is 2.68. The Morgan fingerprint density at radius 2 is 2.10 bits per heavy atom. The van der Waals surface area contributed by atoms with E-state index in [1.54, 1.807) is 24.3 Å². The Hall–Kier alpha value is -1.60. The molecule has 1 aliphatic carbocycles. The van der Waals surface area contributed by atoms with Gasteiger partial charge in [0.1, 0.15) is 0 Å². The van der Waals surface area contributed by atoms with Gasteiger partial charge in [0.2, 0.25) is 5.76 Å². The molecule has 0 aliphatic heterocycles. The van der Waals surface area contributed by atoms with Crippen LogP contribution in [0.4, 0.5) is 0 Å². The Morgan fingerprint density at radius 1 is 1.50 bits per heavy atom. The number of aliphatic hydroxyl groups is 1. The summed E-state index contributed by atoms with van der Waals surface area (Å²) in [5.41, 5.74) is 8.67. The maximum absolute atomic E-state index is 9.02. The molecular weight excluding hydrogens is 128 g/mol. The van der Waals surface area contributed by atoms with Crippen LogP contribution in [0.3, 0.4) is 0 Å². The van der Waals surface area contributed by atoms with Gasteiger partial charge in [-0.2, -0.15) is 4.79 Å². The second-order valence-electron chi connectivity index (χ2n) is 1.80. The van der Waals surface area contributed by atoms with Gasteiger partial charge in [0.25, 0.3) is 0 Å². The highest BCUT2D eigenvalue weighted by molar-refractivity contribution is 5.74. The number of rotatable bonds is 1. The lowest BCUT2D eigenvalue weighted by Gasteiger charge is -1.85. The third-order valence-corrected chi connectivity index (χ3v) is 1.14. The largest absolute Gasteiger partial charge is 0.501 e. The van der Waals surface area contributed by atoms with E-state index in [-0.39, 0.29) is 5.76 Å². The molecule has 50 valence electrons. The van der Waals surface area contributed by atoms with Crippen LogP contribution in [0.15, 0.2) is 35.6 Å². The summed E-state index contributed by atoms with van der Waals surface area (Å²) in [6, 6.07) is 0. The van der Waals surface area contributed by atoms with Gasteiger partial charge in [-0.3, -0.25) is 0 Å². The van der Waals surface area contributed by atoms with Crippen molar-refractivity contribution in [1.29, 1.82) is 0 Å². The molecular formula is C7H6N2O. The van der Waals surface area contributed by atoms with Crippen molar-refractivity contribution in [2.75, 3.05) is 0 Å². The average Bonchev–Trinajstić information content (AvgIpc) is 2.38. The lowest BCUT2D eigenvalue weighted by atomic mass is 10.2. The van der Waals surface area contributed by atoms with Crippen LogP contribution in [0.2, 0.25) is 0 Å². The van der Waals surface area contributed by atoms with Gasteiger partial charge in [-0.15, -0.1) is 0 Å². The summed E-state index contributed by atoms with van der Waals surface area (Å²) in [7, 11) is 0. The van der Waals surface area contributed by atoms with Gasteiger partial charge in [-0.1, -0.05) is 24.3 Å². The van der Waals surface area contributed by atoms with Gasteiger partial charge in [0, 0.05) is 5.57 Å². The van der Waals surface area contributed by atoms with Crippen LogP contribution in [0.1, 0.15) is 0 Å². The number of aliphatic hydroxyl groups excluding tert-OH is 1. The number of allylic oxidation sites excluding steroid dienone is 6. The number of hydrogen-bond donors (Lipinski definition) is 1. The lowest BCUT2D eigenvalue weighted by molar-refractivity contribution is 0.00130. The Labute approximate surface area is 58.2 Å². The van der Waals surface area contributed by atoms with Crippen molar-refractivity contribution >= 4 is 6.21 Å². The van der Waals surface area contributed by atoms with Crippen LogP contribution in [0.5, 0.6) is 0 Å². The van der Waals surface area contributed by atoms with E-state index in [1.807, 2.05) is 0 Å². The molecule has 0 spiro atoms. The van der Waals surface area contributed by atoms with E-state index in [0.717, 1.165) is 6.21 Å². The minimum atomic E-state index is -0.0347. The van der Waals surface area contributed by atoms with Crippen LogP contribution in [0, 0.1) is 0 Å². The number of hydrogen-bond acceptors (Lipinski definition) is 1. The van der Waals surface area contributed by atoms with E-state index in [0.29, 0.717) is 5.57 Å². The Morgan fingerprint density at radius 3 is 2.60 bits per heavy atom. The first-order valence-corrected chi connectivity index (χ1v) is 2.80. The average molecular weight is 134 g/mol. The Bertz CT molecular complexity index is 253. The topological polar surface area (TPSA) is 56.6 Å². The van der Waals surface area contributed by atoms with Crippen LogP contribution < -0.4 is 0 Å². The fraction of sp³-hybridized carbons (Fsp3) is 0. The molecule has 0 saturated heterocycles. The van der Waals surface area contributed by atoms with Gasteiger partial charge >= 0.3 is 6.21 Å². The summed E-state index contributed by atoms with van der Waals surface area (Å²) < 4.78 is 0. The van der Waals surface area contributed by atoms with Crippen LogP contribution in [0.25, 0.3) is 5.53 Å². The first-order valence-electron chi connectivity index (χ1n) is 2.80. The van der Waals surface area contributed by atoms with Crippen molar-refractivity contribution in [1.82, 2.24) is 0 Å². The standard InChI is InChI=1S/C7H6N2O/c8-9-5-7(10)6-3-1-2-4-6/h1-5,10H. The minimum absolute atomic E-state index is 0.0347. The third kappa shape index (κ3) is 1.21. The van der Waals surface area contributed by atoms with Gasteiger partial charge in [0.05, 0.1) is 0 Å². The van der Waals surface area contributed by atoms with Gasteiger partial charge in [0.15, 0.2) is 0 Å². The molecule has 10 heavy (non-hydrogen) atoms. The van der Waals surface area contributed by atoms with E-state index in [1.165, 1.54) is 0 Å². The fourth-order valence-corrected chi connectivity index (χ4v) is 0.674. The zero-order chi connectivity index (χ0) is 7.40. The molecule has 0 aromatic carbocycles. The summed E-state index contributed by atoms with van der Waals surface area (Å²) >= 11 is 0. The van der Waals surface area contributed by atoms with Crippen molar-refractivity contribution in [3.63, 3.8) is 0 Å². The maximum Gasteiger partial charge on any atom is 0.322 e. The first kappa shape index (κ1) is 6.52. The molecule has 0 atom stereocenters. The van der Waals surface area contributed by atoms with Crippen molar-refractivity contribution in [2.45, 2.75) is 0 Å². The molecule has 0 amide bonds. The molecule has 0 saturated carbocycles. The molecule has 0 unspecified atom stereocenters. The SMILES string of the molecule is [N-]=[N+]=CC(O)=C1C=CC=C1. The first-order chi connectivity index (χ1) is 4.84. The molecule has 0 aromatic heterocycles. The van der Waals surface area contributed by atoms with Gasteiger partial charge in [-0.25, -0.2) is 0 Å². The second-order valence-corrected chi connectivity index (χ2v) is 1.80. The number of nitrogens with zero attached hydrogens (tertiary/aromatic N) is 2. The van der Waals surface area contributed by atoms with Crippen LogP contribution >= 0.6 is 0 Å². The summed E-state index contributed by atoms with van der Waals surface area (Å²) in [6.07, 6.45) is 8.00. The van der Waals surface area contributed by atoms with E-state index in [4.69, 9.17) is 10.6 Å². The molecule has 0 heterocycles. The normalized spacial score (nSPS) is 13.4.